The van der Waals surface area contributed by atoms with E-state index in [1.54, 1.807) is 11.1 Å². The molecule has 0 aliphatic heterocycles. The Balaban J connectivity index is 1.53. The highest BCUT2D eigenvalue weighted by molar-refractivity contribution is 6.16. The smallest absolute Gasteiger partial charge is 0.320 e. The second-order valence-electron chi connectivity index (χ2n) is 12.4. The van der Waals surface area contributed by atoms with Gasteiger partial charge in [-0.1, -0.05) is 97.9 Å². The van der Waals surface area contributed by atoms with Gasteiger partial charge in [0, 0.05) is 48.2 Å². The van der Waals surface area contributed by atoms with E-state index in [1.807, 2.05) is 109 Å². The van der Waals surface area contributed by atoms with Crippen LogP contribution in [0.4, 0.5) is 0 Å². The van der Waals surface area contributed by atoms with Crippen molar-refractivity contribution in [3.63, 3.8) is 0 Å². The number of hydrogen-bond acceptors (Lipinski definition) is 5. The fraction of sp³-hybridized carbons (Fsp3) is 0.282. The monoisotopic (exact) mass is 646 g/mol. The maximum Gasteiger partial charge on any atom is 0.320 e. The van der Waals surface area contributed by atoms with Crippen LogP contribution in [0.3, 0.4) is 0 Å². The lowest BCUT2D eigenvalue weighted by Gasteiger charge is -2.34. The van der Waals surface area contributed by atoms with Crippen molar-refractivity contribution in [3.05, 3.63) is 120 Å². The minimum Gasteiger partial charge on any atom is -0.480 e. The number of hydrogen-bond donors (Lipinski definition) is 3. The molecule has 4 aromatic carbocycles. The highest BCUT2D eigenvalue weighted by Crippen LogP contribution is 2.29. The minimum atomic E-state index is -1.24. The molecule has 0 saturated heterocycles. The number of aliphatic carboxylic acids is 1. The van der Waals surface area contributed by atoms with Gasteiger partial charge in [-0.2, -0.15) is 0 Å². The number of amides is 2. The first-order valence-corrected chi connectivity index (χ1v) is 16.4. The molecule has 0 aliphatic carbocycles. The molecule has 0 bridgehead atoms. The number of primary amides is 1. The summed E-state index contributed by atoms with van der Waals surface area (Å²) in [6.07, 6.45) is 2.46. The van der Waals surface area contributed by atoms with Gasteiger partial charge in [-0.25, -0.2) is 0 Å². The van der Waals surface area contributed by atoms with Crippen molar-refractivity contribution >= 4 is 45.2 Å². The number of ketones is 1. The lowest BCUT2D eigenvalue weighted by atomic mass is 9.89. The van der Waals surface area contributed by atoms with Crippen LogP contribution in [0.2, 0.25) is 0 Å². The molecule has 9 heteroatoms. The Bertz CT molecular complexity index is 1920. The van der Waals surface area contributed by atoms with E-state index in [-0.39, 0.29) is 25.8 Å². The Labute approximate surface area is 280 Å². The van der Waals surface area contributed by atoms with Gasteiger partial charge in [0.2, 0.25) is 11.8 Å². The van der Waals surface area contributed by atoms with Gasteiger partial charge >= 0.3 is 5.97 Å². The van der Waals surface area contributed by atoms with Crippen LogP contribution in [-0.4, -0.2) is 56.8 Å². The summed E-state index contributed by atoms with van der Waals surface area (Å²) in [7, 11) is 0. The molecule has 48 heavy (non-hydrogen) atoms. The number of aromatic nitrogens is 1. The first kappa shape index (κ1) is 34.1. The predicted molar refractivity (Wildman–Crippen MR) is 187 cm³/mol. The van der Waals surface area contributed by atoms with Gasteiger partial charge in [-0.15, -0.1) is 0 Å². The Morgan fingerprint density at radius 3 is 2.23 bits per heavy atom. The number of para-hydroxylation sites is 1. The van der Waals surface area contributed by atoms with E-state index in [4.69, 9.17) is 11.5 Å². The van der Waals surface area contributed by atoms with E-state index in [9.17, 15) is 24.3 Å². The Morgan fingerprint density at radius 1 is 0.833 bits per heavy atom. The number of carboxylic acids is 1. The third-order valence-electron chi connectivity index (χ3n) is 8.86. The molecule has 0 radical (unpaired) electrons. The van der Waals surface area contributed by atoms with Gasteiger partial charge < -0.3 is 26.0 Å². The molecule has 2 amide bonds. The molecule has 0 aliphatic rings. The number of carbonyl (C=O) groups is 4. The molecule has 0 saturated carbocycles. The standard InChI is InChI=1S/C39H42N4O5/c1-2-20-43(30(23-36(41)44)22-27-16-17-28-12-6-7-13-29(28)21-27)38(46)32(18-19-34(40)39(47)48)37(45)33-25-42(24-26-10-4-3-5-11-26)35-15-9-8-14-31(33)35/h3-17,21,25,30,32,34H,2,18-20,22-24,40H2,1H3,(H2,41,44)(H,47,48)/t30-,32+,34?/m0/s1. The van der Waals surface area contributed by atoms with Crippen molar-refractivity contribution < 1.29 is 24.3 Å². The van der Waals surface area contributed by atoms with Crippen molar-refractivity contribution in [2.75, 3.05) is 6.54 Å². The van der Waals surface area contributed by atoms with Gasteiger partial charge in [0.25, 0.3) is 0 Å². The lowest BCUT2D eigenvalue weighted by molar-refractivity contribution is -0.140. The van der Waals surface area contributed by atoms with Crippen molar-refractivity contribution in [2.45, 2.75) is 57.7 Å². The van der Waals surface area contributed by atoms with Gasteiger partial charge in [0.15, 0.2) is 5.78 Å². The normalized spacial score (nSPS) is 13.2. The predicted octanol–water partition coefficient (Wildman–Crippen LogP) is 5.56. The second-order valence-corrected chi connectivity index (χ2v) is 12.4. The number of Topliss-reactive ketones (excluding diaryl/α,β-unsaturated/α-hetero) is 1. The Hall–Kier alpha value is -5.28. The van der Waals surface area contributed by atoms with Gasteiger partial charge in [0.1, 0.15) is 12.0 Å². The van der Waals surface area contributed by atoms with Crippen LogP contribution < -0.4 is 11.5 Å². The van der Waals surface area contributed by atoms with Crippen LogP contribution in [0.1, 0.15) is 54.1 Å². The van der Waals surface area contributed by atoms with Crippen LogP contribution in [0, 0.1) is 5.92 Å². The van der Waals surface area contributed by atoms with Crippen LogP contribution in [-0.2, 0) is 27.3 Å². The summed E-state index contributed by atoms with van der Waals surface area (Å²) in [4.78, 5) is 54.9. The second kappa shape index (κ2) is 15.5. The summed E-state index contributed by atoms with van der Waals surface area (Å²) in [6, 6.07) is 29.5. The number of rotatable bonds is 16. The summed E-state index contributed by atoms with van der Waals surface area (Å²) in [5, 5.41) is 12.3. The van der Waals surface area contributed by atoms with Crippen molar-refractivity contribution in [1.82, 2.24) is 9.47 Å². The molecule has 1 unspecified atom stereocenters. The van der Waals surface area contributed by atoms with Gasteiger partial charge in [0.05, 0.1) is 0 Å². The third-order valence-corrected chi connectivity index (χ3v) is 8.86. The summed E-state index contributed by atoms with van der Waals surface area (Å²) >= 11 is 0. The van der Waals surface area contributed by atoms with Crippen molar-refractivity contribution in [1.29, 1.82) is 0 Å². The van der Waals surface area contributed by atoms with Gasteiger partial charge in [-0.05, 0) is 53.6 Å². The van der Waals surface area contributed by atoms with E-state index in [2.05, 4.69) is 0 Å². The number of benzene rings is 4. The average Bonchev–Trinajstić information content (AvgIpc) is 3.45. The Morgan fingerprint density at radius 2 is 1.52 bits per heavy atom. The highest BCUT2D eigenvalue weighted by Gasteiger charge is 2.36. The largest absolute Gasteiger partial charge is 0.480 e. The molecule has 5 N–H and O–H groups in total. The summed E-state index contributed by atoms with van der Waals surface area (Å²) in [6.45, 7) is 2.73. The fourth-order valence-corrected chi connectivity index (χ4v) is 6.45. The van der Waals surface area contributed by atoms with Crippen LogP contribution in [0.25, 0.3) is 21.7 Å². The molecule has 3 atom stereocenters. The molecule has 1 heterocycles. The average molecular weight is 647 g/mol. The van der Waals surface area contributed by atoms with Crippen LogP contribution >= 0.6 is 0 Å². The number of carboxylic acid groups (broad SMARTS) is 1. The first-order chi connectivity index (χ1) is 23.2. The molecule has 248 valence electrons. The maximum absolute atomic E-state index is 14.6. The van der Waals surface area contributed by atoms with E-state index in [1.165, 1.54) is 0 Å². The van der Waals surface area contributed by atoms with E-state index < -0.39 is 41.6 Å². The highest BCUT2D eigenvalue weighted by atomic mass is 16.4. The summed E-state index contributed by atoms with van der Waals surface area (Å²) in [5.41, 5.74) is 14.8. The molecule has 0 spiro atoms. The van der Waals surface area contributed by atoms with E-state index in [0.29, 0.717) is 30.3 Å². The molecule has 5 rings (SSSR count). The zero-order valence-corrected chi connectivity index (χ0v) is 27.1. The number of nitrogens with two attached hydrogens (primary N) is 2. The molecule has 1 aromatic heterocycles. The third kappa shape index (κ3) is 7.98. The molecular weight excluding hydrogens is 604 g/mol. The minimum absolute atomic E-state index is 0.0667. The first-order valence-electron chi connectivity index (χ1n) is 16.4. The molecule has 0 fully saturated rings. The SMILES string of the molecule is CCCN(C(=O)[C@H](CCC(N)C(=O)O)C(=O)c1cn(Cc2ccccc2)c2ccccc12)[C@H](CC(N)=O)Cc1ccc2ccccc2c1. The van der Waals surface area contributed by atoms with Crippen molar-refractivity contribution in [2.24, 2.45) is 17.4 Å². The molecular formula is C39H42N4O5. The molecule has 5 aromatic rings. The number of nitrogens with zero attached hydrogens (tertiary/aromatic N) is 2. The number of carbonyl (C=O) groups excluding carboxylic acids is 3. The Kier molecular flexibility index (Phi) is 11.0. The van der Waals surface area contributed by atoms with Crippen LogP contribution in [0.5, 0.6) is 0 Å². The topological polar surface area (TPSA) is 149 Å². The quantitative estimate of drug-likeness (QED) is 0.0945. The zero-order valence-electron chi connectivity index (χ0n) is 27.1. The molecule has 9 nitrogen and oxygen atoms in total. The lowest BCUT2D eigenvalue weighted by Crippen LogP contribution is -2.48. The van der Waals surface area contributed by atoms with E-state index >= 15 is 0 Å². The summed E-state index contributed by atoms with van der Waals surface area (Å²) in [5.74, 6) is -3.86. The summed E-state index contributed by atoms with van der Waals surface area (Å²) < 4.78 is 1.99. The zero-order chi connectivity index (χ0) is 34.2. The van der Waals surface area contributed by atoms with Crippen LogP contribution in [0.15, 0.2) is 103 Å². The van der Waals surface area contributed by atoms with E-state index in [0.717, 1.165) is 27.4 Å². The van der Waals surface area contributed by atoms with Gasteiger partial charge in [-0.3, -0.25) is 19.2 Å². The maximum atomic E-state index is 14.6. The fourth-order valence-electron chi connectivity index (χ4n) is 6.45. The van der Waals surface area contributed by atoms with Crippen molar-refractivity contribution in [3.8, 4) is 0 Å². The number of fused-ring (bicyclic) bond motifs is 2.